The third kappa shape index (κ3) is 4.38. The molecule has 104 valence electrons. The monoisotopic (exact) mass is 259 g/mol. The molecule has 19 heavy (non-hydrogen) atoms. The Bertz CT molecular complexity index is 390. The van der Waals surface area contributed by atoms with Gasteiger partial charge in [-0.2, -0.15) is 0 Å². The number of hydrogen-bond acceptors (Lipinski definition) is 2. The van der Waals surface area contributed by atoms with Gasteiger partial charge in [-0.05, 0) is 36.6 Å². The minimum atomic E-state index is 0.216. The van der Waals surface area contributed by atoms with Gasteiger partial charge in [-0.3, -0.25) is 4.79 Å². The number of hydrogen-bond donors (Lipinski definition) is 1. The van der Waals surface area contributed by atoms with Crippen LogP contribution < -0.4 is 5.32 Å². The van der Waals surface area contributed by atoms with E-state index in [1.807, 2.05) is 31.2 Å². The molecule has 1 aliphatic rings. The van der Waals surface area contributed by atoms with Crippen LogP contribution in [0.5, 0.6) is 0 Å². The Morgan fingerprint density at radius 1 is 1.16 bits per heavy atom. The van der Waals surface area contributed by atoms with E-state index in [-0.39, 0.29) is 5.78 Å². The van der Waals surface area contributed by atoms with Crippen LogP contribution in [0.2, 0.25) is 0 Å². The van der Waals surface area contributed by atoms with Crippen molar-refractivity contribution in [1.82, 2.24) is 0 Å². The van der Waals surface area contributed by atoms with Gasteiger partial charge in [-0.15, -0.1) is 0 Å². The van der Waals surface area contributed by atoms with E-state index >= 15 is 0 Å². The molecular weight excluding hydrogens is 234 g/mol. The van der Waals surface area contributed by atoms with Crippen molar-refractivity contribution in [2.75, 3.05) is 11.9 Å². The summed E-state index contributed by atoms with van der Waals surface area (Å²) in [7, 11) is 0. The molecule has 1 N–H and O–H groups in total. The summed E-state index contributed by atoms with van der Waals surface area (Å²) in [4.78, 5) is 11.5. The van der Waals surface area contributed by atoms with Crippen molar-refractivity contribution in [3.63, 3.8) is 0 Å². The van der Waals surface area contributed by atoms with Crippen LogP contribution in [0.15, 0.2) is 24.3 Å². The molecule has 0 spiro atoms. The summed E-state index contributed by atoms with van der Waals surface area (Å²) in [5.41, 5.74) is 1.95. The van der Waals surface area contributed by atoms with Crippen molar-refractivity contribution in [1.29, 1.82) is 0 Å². The summed E-state index contributed by atoms with van der Waals surface area (Å²) in [6.07, 6.45) is 8.93. The first-order valence-corrected chi connectivity index (χ1v) is 7.66. The molecule has 0 atom stereocenters. The predicted octanol–water partition coefficient (Wildman–Crippen LogP) is 4.66. The summed E-state index contributed by atoms with van der Waals surface area (Å²) in [6, 6.07) is 7.89. The smallest absolute Gasteiger partial charge is 0.162 e. The Hall–Kier alpha value is -1.31. The Balaban J connectivity index is 1.75. The number of anilines is 1. The molecule has 1 fully saturated rings. The molecule has 0 aliphatic heterocycles. The van der Waals surface area contributed by atoms with E-state index in [1.165, 1.54) is 38.5 Å². The van der Waals surface area contributed by atoms with Crippen molar-refractivity contribution in [3.05, 3.63) is 29.8 Å². The third-order valence-corrected chi connectivity index (χ3v) is 4.13. The topological polar surface area (TPSA) is 29.1 Å². The van der Waals surface area contributed by atoms with Crippen LogP contribution in [0, 0.1) is 5.92 Å². The largest absolute Gasteiger partial charge is 0.385 e. The van der Waals surface area contributed by atoms with Gasteiger partial charge in [0.2, 0.25) is 0 Å². The summed E-state index contributed by atoms with van der Waals surface area (Å²) in [5, 5.41) is 3.46. The summed E-state index contributed by atoms with van der Waals surface area (Å²) in [5.74, 6) is 1.14. The molecule has 0 amide bonds. The van der Waals surface area contributed by atoms with E-state index in [0.29, 0.717) is 6.42 Å². The molecule has 1 aliphatic carbocycles. The quantitative estimate of drug-likeness (QED) is 0.753. The number of carbonyl (C=O) groups excluding carboxylic acids is 1. The Kier molecular flexibility index (Phi) is 5.44. The van der Waals surface area contributed by atoms with Crippen molar-refractivity contribution in [3.8, 4) is 0 Å². The molecule has 0 saturated heterocycles. The fourth-order valence-electron chi connectivity index (χ4n) is 2.87. The molecule has 0 unspecified atom stereocenters. The lowest BCUT2D eigenvalue weighted by atomic mass is 9.87. The standard InChI is InChI=1S/C17H25NO/c1-2-17(19)15-8-10-16(11-9-15)18-13-12-14-6-4-3-5-7-14/h8-11,14,18H,2-7,12-13H2,1H3. The summed E-state index contributed by atoms with van der Waals surface area (Å²) in [6.45, 7) is 2.95. The van der Waals surface area contributed by atoms with Crippen LogP contribution in [-0.2, 0) is 0 Å². The maximum Gasteiger partial charge on any atom is 0.162 e. The minimum Gasteiger partial charge on any atom is -0.385 e. The number of benzene rings is 1. The highest BCUT2D eigenvalue weighted by Gasteiger charge is 2.12. The van der Waals surface area contributed by atoms with Crippen molar-refractivity contribution in [2.45, 2.75) is 51.9 Å². The number of Topliss-reactive ketones (excluding diaryl/α,β-unsaturated/α-hetero) is 1. The highest BCUT2D eigenvalue weighted by molar-refractivity contribution is 5.96. The molecule has 0 bridgehead atoms. The average Bonchev–Trinajstić information content (AvgIpc) is 2.48. The fraction of sp³-hybridized carbons (Fsp3) is 0.588. The van der Waals surface area contributed by atoms with Gasteiger partial charge >= 0.3 is 0 Å². The number of carbonyl (C=O) groups is 1. The van der Waals surface area contributed by atoms with Crippen LogP contribution in [0.25, 0.3) is 0 Å². The van der Waals surface area contributed by atoms with Gasteiger partial charge < -0.3 is 5.32 Å². The van der Waals surface area contributed by atoms with E-state index in [1.54, 1.807) is 0 Å². The zero-order valence-corrected chi connectivity index (χ0v) is 12.0. The number of nitrogens with one attached hydrogen (secondary N) is 1. The second kappa shape index (κ2) is 7.32. The first kappa shape index (κ1) is 14.1. The second-order valence-electron chi connectivity index (χ2n) is 5.57. The molecule has 1 saturated carbocycles. The van der Waals surface area contributed by atoms with Gasteiger partial charge in [-0.1, -0.05) is 39.0 Å². The predicted molar refractivity (Wildman–Crippen MR) is 80.7 cm³/mol. The number of ketones is 1. The van der Waals surface area contributed by atoms with Crippen LogP contribution >= 0.6 is 0 Å². The van der Waals surface area contributed by atoms with E-state index in [0.717, 1.165) is 23.7 Å². The maximum atomic E-state index is 11.5. The Morgan fingerprint density at radius 3 is 2.47 bits per heavy atom. The fourth-order valence-corrected chi connectivity index (χ4v) is 2.87. The SMILES string of the molecule is CCC(=O)c1ccc(NCCC2CCCCC2)cc1. The van der Waals surface area contributed by atoms with Gasteiger partial charge in [-0.25, -0.2) is 0 Å². The molecule has 0 heterocycles. The molecule has 2 heteroatoms. The van der Waals surface area contributed by atoms with Crippen molar-refractivity contribution in [2.24, 2.45) is 5.92 Å². The lowest BCUT2D eigenvalue weighted by Gasteiger charge is -2.21. The van der Waals surface area contributed by atoms with E-state index in [2.05, 4.69) is 5.32 Å². The zero-order chi connectivity index (χ0) is 13.5. The van der Waals surface area contributed by atoms with Gasteiger partial charge in [0.1, 0.15) is 0 Å². The van der Waals surface area contributed by atoms with Crippen molar-refractivity contribution < 1.29 is 4.79 Å². The normalized spacial score (nSPS) is 16.3. The highest BCUT2D eigenvalue weighted by Crippen LogP contribution is 2.26. The lowest BCUT2D eigenvalue weighted by molar-refractivity contribution is 0.0988. The maximum absolute atomic E-state index is 11.5. The summed E-state index contributed by atoms with van der Waals surface area (Å²) >= 11 is 0. The van der Waals surface area contributed by atoms with Gasteiger partial charge in [0.25, 0.3) is 0 Å². The molecular formula is C17H25NO. The summed E-state index contributed by atoms with van der Waals surface area (Å²) < 4.78 is 0. The molecule has 0 radical (unpaired) electrons. The van der Waals surface area contributed by atoms with Gasteiger partial charge in [0.15, 0.2) is 5.78 Å². The van der Waals surface area contributed by atoms with Crippen LogP contribution in [-0.4, -0.2) is 12.3 Å². The molecule has 1 aromatic carbocycles. The second-order valence-corrected chi connectivity index (χ2v) is 5.57. The first-order chi connectivity index (χ1) is 9.29. The number of rotatable bonds is 6. The Morgan fingerprint density at radius 2 is 1.84 bits per heavy atom. The molecule has 0 aromatic heterocycles. The lowest BCUT2D eigenvalue weighted by Crippen LogP contribution is -2.12. The molecule has 2 rings (SSSR count). The van der Waals surface area contributed by atoms with Gasteiger partial charge in [0.05, 0.1) is 0 Å². The minimum absolute atomic E-state index is 0.216. The van der Waals surface area contributed by atoms with Crippen LogP contribution in [0.3, 0.4) is 0 Å². The Labute approximate surface area is 116 Å². The van der Waals surface area contributed by atoms with Crippen LogP contribution in [0.1, 0.15) is 62.2 Å². The zero-order valence-electron chi connectivity index (χ0n) is 12.0. The van der Waals surface area contributed by atoms with E-state index in [4.69, 9.17) is 0 Å². The van der Waals surface area contributed by atoms with Gasteiger partial charge in [0, 0.05) is 24.2 Å². The van der Waals surface area contributed by atoms with Crippen molar-refractivity contribution >= 4 is 11.5 Å². The van der Waals surface area contributed by atoms with E-state index < -0.39 is 0 Å². The first-order valence-electron chi connectivity index (χ1n) is 7.66. The molecule has 1 aromatic rings. The average molecular weight is 259 g/mol. The van der Waals surface area contributed by atoms with Crippen LogP contribution in [0.4, 0.5) is 5.69 Å². The van der Waals surface area contributed by atoms with E-state index in [9.17, 15) is 4.79 Å². The third-order valence-electron chi connectivity index (χ3n) is 4.13. The molecule has 2 nitrogen and oxygen atoms in total. The highest BCUT2D eigenvalue weighted by atomic mass is 16.1.